The maximum absolute atomic E-state index is 13.5. The number of nitrogens with one attached hydrogen (secondary N) is 1. The van der Waals surface area contributed by atoms with E-state index in [2.05, 4.69) is 20.5 Å². The molecule has 0 unspecified atom stereocenters. The monoisotopic (exact) mass is 236 g/mol. The summed E-state index contributed by atoms with van der Waals surface area (Å²) in [6.45, 7) is 1.94. The average Bonchev–Trinajstić information content (AvgIpc) is 2.78. The van der Waals surface area contributed by atoms with Crippen LogP contribution in [0.3, 0.4) is 0 Å². The van der Waals surface area contributed by atoms with E-state index in [4.69, 9.17) is 5.73 Å². The van der Waals surface area contributed by atoms with E-state index in [0.29, 0.717) is 12.1 Å². The molecule has 0 spiro atoms. The first kappa shape index (κ1) is 11.3. The standard InChI is InChI=1S/C10H13FN6/c1-2-4-7-8(11)9(12)15-10(14-7)16-17-6-3-5-13-17/h3,5-6H,2,4H2,1H3,(H3,12,14,15,16). The predicted molar refractivity (Wildman–Crippen MR) is 61.6 cm³/mol. The number of anilines is 2. The zero-order chi connectivity index (χ0) is 12.3. The number of hydrogen-bond donors (Lipinski definition) is 2. The molecule has 0 saturated heterocycles. The molecule has 17 heavy (non-hydrogen) atoms. The van der Waals surface area contributed by atoms with Crippen LogP contribution in [0, 0.1) is 5.82 Å². The van der Waals surface area contributed by atoms with Gasteiger partial charge in [-0.3, -0.25) is 0 Å². The van der Waals surface area contributed by atoms with Gasteiger partial charge >= 0.3 is 0 Å². The van der Waals surface area contributed by atoms with Crippen LogP contribution >= 0.6 is 0 Å². The van der Waals surface area contributed by atoms with Crippen molar-refractivity contribution in [1.82, 2.24) is 19.9 Å². The first-order valence-electron chi connectivity index (χ1n) is 5.29. The molecule has 0 radical (unpaired) electrons. The van der Waals surface area contributed by atoms with Gasteiger partial charge in [-0.05, 0) is 12.5 Å². The number of rotatable bonds is 4. The molecule has 2 aromatic heterocycles. The summed E-state index contributed by atoms with van der Waals surface area (Å²) in [6, 6.07) is 1.74. The third kappa shape index (κ3) is 2.49. The molecule has 0 saturated carbocycles. The van der Waals surface area contributed by atoms with Crippen LogP contribution in [-0.4, -0.2) is 19.9 Å². The quantitative estimate of drug-likeness (QED) is 0.834. The Morgan fingerprint density at radius 3 is 2.94 bits per heavy atom. The van der Waals surface area contributed by atoms with Crippen LogP contribution in [0.2, 0.25) is 0 Å². The maximum Gasteiger partial charge on any atom is 0.245 e. The number of aromatic nitrogens is 4. The van der Waals surface area contributed by atoms with Gasteiger partial charge in [0.25, 0.3) is 0 Å². The Kier molecular flexibility index (Phi) is 3.17. The highest BCUT2D eigenvalue weighted by atomic mass is 19.1. The minimum Gasteiger partial charge on any atom is -0.381 e. The molecule has 0 aliphatic heterocycles. The van der Waals surface area contributed by atoms with Gasteiger partial charge in [0.15, 0.2) is 11.6 Å². The summed E-state index contributed by atoms with van der Waals surface area (Å²) in [7, 11) is 0. The fourth-order valence-electron chi connectivity index (χ4n) is 1.40. The number of halogens is 1. The molecule has 0 amide bonds. The molecule has 0 aliphatic carbocycles. The van der Waals surface area contributed by atoms with Crippen molar-refractivity contribution in [3.8, 4) is 0 Å². The van der Waals surface area contributed by atoms with Gasteiger partial charge in [0.2, 0.25) is 5.95 Å². The van der Waals surface area contributed by atoms with Crippen LogP contribution in [0.5, 0.6) is 0 Å². The van der Waals surface area contributed by atoms with E-state index in [9.17, 15) is 4.39 Å². The van der Waals surface area contributed by atoms with E-state index < -0.39 is 5.82 Å². The predicted octanol–water partition coefficient (Wildman–Crippen LogP) is 1.22. The molecule has 0 atom stereocenters. The SMILES string of the molecule is CCCc1nc(Nn2cccn2)nc(N)c1F. The van der Waals surface area contributed by atoms with Crippen LogP contribution < -0.4 is 11.2 Å². The number of nitrogen functional groups attached to an aromatic ring is 1. The molecule has 0 bridgehead atoms. The van der Waals surface area contributed by atoms with Crippen molar-refractivity contribution in [2.75, 3.05) is 11.2 Å². The first-order chi connectivity index (χ1) is 8.20. The van der Waals surface area contributed by atoms with Crippen LogP contribution in [0.15, 0.2) is 18.5 Å². The topological polar surface area (TPSA) is 81.7 Å². The zero-order valence-electron chi connectivity index (χ0n) is 9.39. The van der Waals surface area contributed by atoms with Gasteiger partial charge in [-0.2, -0.15) is 14.9 Å². The molecule has 0 aliphatic rings. The fraction of sp³-hybridized carbons (Fsp3) is 0.300. The second-order valence-electron chi connectivity index (χ2n) is 3.51. The van der Waals surface area contributed by atoms with Crippen molar-refractivity contribution >= 4 is 11.8 Å². The molecule has 3 N–H and O–H groups in total. The van der Waals surface area contributed by atoms with Crippen molar-refractivity contribution in [2.24, 2.45) is 0 Å². The maximum atomic E-state index is 13.5. The van der Waals surface area contributed by atoms with Crippen molar-refractivity contribution in [3.63, 3.8) is 0 Å². The lowest BCUT2D eigenvalue weighted by atomic mass is 10.2. The van der Waals surface area contributed by atoms with E-state index in [-0.39, 0.29) is 11.8 Å². The Labute approximate surface area is 97.7 Å². The number of nitrogens with zero attached hydrogens (tertiary/aromatic N) is 4. The lowest BCUT2D eigenvalue weighted by Crippen LogP contribution is -2.15. The van der Waals surface area contributed by atoms with E-state index in [1.54, 1.807) is 18.5 Å². The Morgan fingerprint density at radius 2 is 2.29 bits per heavy atom. The second-order valence-corrected chi connectivity index (χ2v) is 3.51. The Hall–Kier alpha value is -2.18. The van der Waals surface area contributed by atoms with Crippen molar-refractivity contribution in [1.29, 1.82) is 0 Å². The van der Waals surface area contributed by atoms with Gasteiger partial charge in [-0.1, -0.05) is 13.3 Å². The third-order valence-corrected chi connectivity index (χ3v) is 2.15. The van der Waals surface area contributed by atoms with E-state index in [1.807, 2.05) is 6.92 Å². The van der Waals surface area contributed by atoms with Crippen molar-refractivity contribution in [2.45, 2.75) is 19.8 Å². The minimum absolute atomic E-state index is 0.155. The van der Waals surface area contributed by atoms with Gasteiger partial charge in [0.05, 0.1) is 11.9 Å². The zero-order valence-corrected chi connectivity index (χ0v) is 9.39. The van der Waals surface area contributed by atoms with E-state index >= 15 is 0 Å². The largest absolute Gasteiger partial charge is 0.381 e. The smallest absolute Gasteiger partial charge is 0.245 e. The lowest BCUT2D eigenvalue weighted by molar-refractivity contribution is 0.593. The molecular formula is C10H13FN6. The summed E-state index contributed by atoms with van der Waals surface area (Å²) in [5, 5.41) is 3.93. The highest BCUT2D eigenvalue weighted by Gasteiger charge is 2.11. The van der Waals surface area contributed by atoms with Crippen LogP contribution in [0.25, 0.3) is 0 Å². The molecule has 0 fully saturated rings. The minimum atomic E-state index is -0.544. The van der Waals surface area contributed by atoms with Crippen molar-refractivity contribution in [3.05, 3.63) is 30.0 Å². The summed E-state index contributed by atoms with van der Waals surface area (Å²) >= 11 is 0. The molecule has 2 heterocycles. The van der Waals surface area contributed by atoms with Gasteiger partial charge < -0.3 is 5.73 Å². The normalized spacial score (nSPS) is 10.5. The number of hydrogen-bond acceptors (Lipinski definition) is 5. The van der Waals surface area contributed by atoms with E-state index in [0.717, 1.165) is 6.42 Å². The molecule has 7 heteroatoms. The summed E-state index contributed by atoms with van der Waals surface area (Å²) in [5.74, 6) is -0.466. The highest BCUT2D eigenvalue weighted by molar-refractivity contribution is 5.40. The average molecular weight is 236 g/mol. The first-order valence-corrected chi connectivity index (χ1v) is 5.29. The summed E-state index contributed by atoms with van der Waals surface area (Å²) < 4.78 is 13.5. The summed E-state index contributed by atoms with van der Waals surface area (Å²) in [4.78, 5) is 9.29. The third-order valence-electron chi connectivity index (χ3n) is 2.15. The molecule has 2 aromatic rings. The Morgan fingerprint density at radius 1 is 1.47 bits per heavy atom. The molecule has 6 nitrogen and oxygen atoms in total. The van der Waals surface area contributed by atoms with E-state index in [1.165, 1.54) is 4.79 Å². The molecule has 2 rings (SSSR count). The Bertz CT molecular complexity index is 496. The highest BCUT2D eigenvalue weighted by Crippen LogP contribution is 2.15. The Balaban J connectivity index is 2.28. The van der Waals surface area contributed by atoms with Crippen LogP contribution in [0.4, 0.5) is 16.2 Å². The van der Waals surface area contributed by atoms with Gasteiger partial charge in [-0.15, -0.1) is 0 Å². The second kappa shape index (κ2) is 4.77. The van der Waals surface area contributed by atoms with Gasteiger partial charge in [-0.25, -0.2) is 14.8 Å². The van der Waals surface area contributed by atoms with Crippen molar-refractivity contribution < 1.29 is 4.39 Å². The van der Waals surface area contributed by atoms with Crippen LogP contribution in [-0.2, 0) is 6.42 Å². The molecule has 0 aromatic carbocycles. The van der Waals surface area contributed by atoms with Gasteiger partial charge in [0, 0.05) is 6.20 Å². The number of aryl methyl sites for hydroxylation is 1. The molecular weight excluding hydrogens is 223 g/mol. The fourth-order valence-corrected chi connectivity index (χ4v) is 1.40. The summed E-state index contributed by atoms with van der Waals surface area (Å²) in [6.07, 6.45) is 4.59. The summed E-state index contributed by atoms with van der Waals surface area (Å²) in [5.41, 5.74) is 8.59. The van der Waals surface area contributed by atoms with Gasteiger partial charge in [0.1, 0.15) is 0 Å². The molecule has 90 valence electrons. The number of nitrogens with two attached hydrogens (primary N) is 1. The lowest BCUT2D eigenvalue weighted by Gasteiger charge is -2.08. The van der Waals surface area contributed by atoms with Crippen LogP contribution in [0.1, 0.15) is 19.0 Å².